The maximum absolute atomic E-state index is 12.0. The van der Waals surface area contributed by atoms with E-state index >= 15 is 0 Å². The van der Waals surface area contributed by atoms with Gasteiger partial charge in [0.05, 0.1) is 5.56 Å². The van der Waals surface area contributed by atoms with Crippen LogP contribution in [0.1, 0.15) is 60.9 Å². The molecule has 0 aliphatic heterocycles. The SMILES string of the molecule is O=C(CCCCCCCCc1ccccc1)c1ccc(O)cc1O. The molecule has 2 aromatic carbocycles. The summed E-state index contributed by atoms with van der Waals surface area (Å²) in [5, 5.41) is 18.9. The predicted octanol–water partition coefficient (Wildman–Crippen LogP) is 5.25. The summed E-state index contributed by atoms with van der Waals surface area (Å²) in [6, 6.07) is 14.7. The first-order chi connectivity index (χ1) is 11.7. The molecule has 128 valence electrons. The number of aryl methyl sites for hydroxylation is 1. The van der Waals surface area contributed by atoms with Gasteiger partial charge in [-0.3, -0.25) is 4.79 Å². The molecule has 2 N–H and O–H groups in total. The summed E-state index contributed by atoms with van der Waals surface area (Å²) in [5.41, 5.74) is 1.70. The Kier molecular flexibility index (Phi) is 7.34. The standard InChI is InChI=1S/C21H26O3/c22-18-14-15-19(21(24)16-18)20(23)13-9-4-2-1-3-6-10-17-11-7-5-8-12-17/h5,7-8,11-12,14-16,22,24H,1-4,6,9-10,13H2. The Morgan fingerprint density at radius 1 is 0.792 bits per heavy atom. The molecule has 2 aromatic rings. The Balaban J connectivity index is 1.54. The van der Waals surface area contributed by atoms with Crippen LogP contribution in [0.15, 0.2) is 48.5 Å². The smallest absolute Gasteiger partial charge is 0.166 e. The molecule has 0 aromatic heterocycles. The Morgan fingerprint density at radius 2 is 1.46 bits per heavy atom. The minimum atomic E-state index is -0.138. The van der Waals surface area contributed by atoms with Gasteiger partial charge in [0.25, 0.3) is 0 Å². The van der Waals surface area contributed by atoms with Gasteiger partial charge in [-0.2, -0.15) is 0 Å². The molecule has 0 fully saturated rings. The molecule has 0 aliphatic rings. The molecule has 0 radical (unpaired) electrons. The molecule has 0 unspecified atom stereocenters. The average Bonchev–Trinajstić information content (AvgIpc) is 2.58. The summed E-state index contributed by atoms with van der Waals surface area (Å²) in [4.78, 5) is 12.0. The number of rotatable bonds is 10. The molecule has 0 aliphatic carbocycles. The molecule has 3 nitrogen and oxygen atoms in total. The van der Waals surface area contributed by atoms with Gasteiger partial charge in [0.1, 0.15) is 11.5 Å². The highest BCUT2D eigenvalue weighted by molar-refractivity contribution is 5.98. The van der Waals surface area contributed by atoms with Crippen molar-refractivity contribution in [2.75, 3.05) is 0 Å². The van der Waals surface area contributed by atoms with Gasteiger partial charge in [-0.25, -0.2) is 0 Å². The van der Waals surface area contributed by atoms with E-state index in [1.54, 1.807) is 0 Å². The molecule has 0 amide bonds. The van der Waals surface area contributed by atoms with E-state index in [9.17, 15) is 15.0 Å². The summed E-state index contributed by atoms with van der Waals surface area (Å²) >= 11 is 0. The molecule has 0 bridgehead atoms. The number of ketones is 1. The van der Waals surface area contributed by atoms with E-state index in [0.717, 1.165) is 25.7 Å². The first kappa shape index (κ1) is 18.1. The molecule has 0 saturated carbocycles. The van der Waals surface area contributed by atoms with Crippen molar-refractivity contribution >= 4 is 5.78 Å². The van der Waals surface area contributed by atoms with Crippen LogP contribution in [0.25, 0.3) is 0 Å². The second kappa shape index (κ2) is 9.76. The lowest BCUT2D eigenvalue weighted by atomic mass is 10.0. The fraction of sp³-hybridized carbons (Fsp3) is 0.381. The molecule has 0 saturated heterocycles. The van der Waals surface area contributed by atoms with Crippen molar-refractivity contribution in [3.8, 4) is 11.5 Å². The first-order valence-corrected chi connectivity index (χ1v) is 8.76. The number of unbranched alkanes of at least 4 members (excludes halogenated alkanes) is 5. The number of hydrogen-bond donors (Lipinski definition) is 2. The van der Waals surface area contributed by atoms with E-state index in [2.05, 4.69) is 24.3 Å². The minimum Gasteiger partial charge on any atom is -0.508 e. The summed E-state index contributed by atoms with van der Waals surface area (Å²) < 4.78 is 0. The van der Waals surface area contributed by atoms with Crippen molar-refractivity contribution in [2.24, 2.45) is 0 Å². The number of phenols is 2. The van der Waals surface area contributed by atoms with Crippen LogP contribution in [0, 0.1) is 0 Å². The highest BCUT2D eigenvalue weighted by atomic mass is 16.3. The molecule has 3 heteroatoms. The van der Waals surface area contributed by atoms with Gasteiger partial charge >= 0.3 is 0 Å². The van der Waals surface area contributed by atoms with Crippen LogP contribution in [0.5, 0.6) is 11.5 Å². The third-order valence-electron chi connectivity index (χ3n) is 4.24. The van der Waals surface area contributed by atoms with Crippen molar-refractivity contribution in [3.05, 3.63) is 59.7 Å². The van der Waals surface area contributed by atoms with Gasteiger partial charge in [0.15, 0.2) is 5.78 Å². The van der Waals surface area contributed by atoms with Crippen molar-refractivity contribution in [1.82, 2.24) is 0 Å². The zero-order valence-corrected chi connectivity index (χ0v) is 14.1. The fourth-order valence-electron chi connectivity index (χ4n) is 2.86. The van der Waals surface area contributed by atoms with Gasteiger partial charge in [0, 0.05) is 12.5 Å². The summed E-state index contributed by atoms with van der Waals surface area (Å²) in [7, 11) is 0. The Bertz CT molecular complexity index is 635. The summed E-state index contributed by atoms with van der Waals surface area (Å²) in [6.07, 6.45) is 8.25. The monoisotopic (exact) mass is 326 g/mol. The van der Waals surface area contributed by atoms with Crippen LogP contribution >= 0.6 is 0 Å². The number of carbonyl (C=O) groups is 1. The molecule has 0 atom stereocenters. The molecule has 0 spiro atoms. The second-order valence-corrected chi connectivity index (χ2v) is 6.23. The Hall–Kier alpha value is -2.29. The van der Waals surface area contributed by atoms with Crippen LogP contribution < -0.4 is 0 Å². The zero-order chi connectivity index (χ0) is 17.2. The molecular weight excluding hydrogens is 300 g/mol. The maximum atomic E-state index is 12.0. The molecule has 24 heavy (non-hydrogen) atoms. The number of phenolic OH excluding ortho intramolecular Hbond substituents is 2. The zero-order valence-electron chi connectivity index (χ0n) is 14.1. The highest BCUT2D eigenvalue weighted by Gasteiger charge is 2.11. The van der Waals surface area contributed by atoms with E-state index < -0.39 is 0 Å². The third-order valence-corrected chi connectivity index (χ3v) is 4.24. The van der Waals surface area contributed by atoms with Gasteiger partial charge in [-0.1, -0.05) is 56.0 Å². The Morgan fingerprint density at radius 3 is 2.17 bits per heavy atom. The van der Waals surface area contributed by atoms with Crippen LogP contribution in [0.3, 0.4) is 0 Å². The Labute approximate surface area is 144 Å². The fourth-order valence-corrected chi connectivity index (χ4v) is 2.86. The third kappa shape index (κ3) is 6.07. The topological polar surface area (TPSA) is 57.5 Å². The lowest BCUT2D eigenvalue weighted by molar-refractivity contribution is 0.0976. The average molecular weight is 326 g/mol. The van der Waals surface area contributed by atoms with Crippen molar-refractivity contribution < 1.29 is 15.0 Å². The van der Waals surface area contributed by atoms with Crippen molar-refractivity contribution in [2.45, 2.75) is 51.4 Å². The number of carbonyl (C=O) groups excluding carboxylic acids is 1. The molecular formula is C21H26O3. The predicted molar refractivity (Wildman–Crippen MR) is 96.6 cm³/mol. The molecule has 2 rings (SSSR count). The van der Waals surface area contributed by atoms with E-state index in [1.807, 2.05) is 6.07 Å². The van der Waals surface area contributed by atoms with Gasteiger partial charge in [-0.15, -0.1) is 0 Å². The van der Waals surface area contributed by atoms with Crippen molar-refractivity contribution in [1.29, 1.82) is 0 Å². The quantitative estimate of drug-likeness (QED) is 0.463. The number of benzene rings is 2. The van der Waals surface area contributed by atoms with Crippen molar-refractivity contribution in [3.63, 3.8) is 0 Å². The normalized spacial score (nSPS) is 10.7. The van der Waals surface area contributed by atoms with Crippen LogP contribution in [0.4, 0.5) is 0 Å². The number of hydrogen-bond acceptors (Lipinski definition) is 3. The van der Waals surface area contributed by atoms with E-state index in [4.69, 9.17) is 0 Å². The van der Waals surface area contributed by atoms with E-state index in [-0.39, 0.29) is 17.3 Å². The highest BCUT2D eigenvalue weighted by Crippen LogP contribution is 2.24. The van der Waals surface area contributed by atoms with Crippen LogP contribution in [-0.4, -0.2) is 16.0 Å². The second-order valence-electron chi connectivity index (χ2n) is 6.23. The molecule has 0 heterocycles. The van der Waals surface area contributed by atoms with E-state index in [0.29, 0.717) is 12.0 Å². The first-order valence-electron chi connectivity index (χ1n) is 8.76. The van der Waals surface area contributed by atoms with Gasteiger partial charge in [0.2, 0.25) is 0 Å². The van der Waals surface area contributed by atoms with E-state index in [1.165, 1.54) is 43.0 Å². The van der Waals surface area contributed by atoms with Gasteiger partial charge < -0.3 is 10.2 Å². The summed E-state index contributed by atoms with van der Waals surface area (Å²) in [6.45, 7) is 0. The lowest BCUT2D eigenvalue weighted by Crippen LogP contribution is -1.99. The minimum absolute atomic E-state index is 0.0282. The maximum Gasteiger partial charge on any atom is 0.166 e. The number of aromatic hydroxyl groups is 2. The van der Waals surface area contributed by atoms with Crippen LogP contribution in [-0.2, 0) is 6.42 Å². The largest absolute Gasteiger partial charge is 0.508 e. The van der Waals surface area contributed by atoms with Gasteiger partial charge in [-0.05, 0) is 37.0 Å². The number of Topliss-reactive ketones (excluding diaryl/α,β-unsaturated/α-hetero) is 1. The lowest BCUT2D eigenvalue weighted by Gasteiger charge is -2.05. The summed E-state index contributed by atoms with van der Waals surface area (Å²) in [5.74, 6) is -0.225. The van der Waals surface area contributed by atoms with Crippen LogP contribution in [0.2, 0.25) is 0 Å².